The molecule has 0 spiro atoms. The summed E-state index contributed by atoms with van der Waals surface area (Å²) in [5.74, 6) is 0.475. The van der Waals surface area contributed by atoms with E-state index in [1.807, 2.05) is 0 Å². The van der Waals surface area contributed by atoms with Crippen molar-refractivity contribution in [2.45, 2.75) is 24.5 Å². The largest absolute Gasteiger partial charge is 0.468 e. The molecule has 1 heterocycles. The van der Waals surface area contributed by atoms with Gasteiger partial charge >= 0.3 is 6.18 Å². The van der Waals surface area contributed by atoms with Crippen LogP contribution in [0.15, 0.2) is 75.3 Å². The molecule has 164 valence electrons. The Balaban J connectivity index is 1.71. The van der Waals surface area contributed by atoms with Gasteiger partial charge in [-0.1, -0.05) is 23.7 Å². The number of nitrogens with one attached hydrogen (secondary N) is 2. The summed E-state index contributed by atoms with van der Waals surface area (Å²) in [6, 6.07) is 12.0. The quantitative estimate of drug-likeness (QED) is 0.363. The van der Waals surface area contributed by atoms with Crippen molar-refractivity contribution in [3.8, 4) is 0 Å². The maximum atomic E-state index is 12.9. The van der Waals surface area contributed by atoms with Gasteiger partial charge in [-0.05, 0) is 55.0 Å². The van der Waals surface area contributed by atoms with Gasteiger partial charge in [0.05, 0.1) is 39.7 Å². The lowest BCUT2D eigenvalue weighted by atomic mass is 10.1. The minimum absolute atomic E-state index is 0.00262. The average Bonchev–Trinajstić information content (AvgIpc) is 3.24. The lowest BCUT2D eigenvalue weighted by Crippen LogP contribution is -2.23. The fraction of sp³-hybridized carbons (Fsp3) is 0.150. The molecule has 0 unspecified atom stereocenters. The third-order valence-electron chi connectivity index (χ3n) is 4.24. The second-order valence-electron chi connectivity index (χ2n) is 6.43. The van der Waals surface area contributed by atoms with Crippen LogP contribution in [0.3, 0.4) is 0 Å². The first-order valence-corrected chi connectivity index (χ1v) is 10.7. The highest BCUT2D eigenvalue weighted by Gasteiger charge is 2.31. The zero-order valence-electron chi connectivity index (χ0n) is 16.1. The minimum atomic E-state index is -4.51. The molecule has 2 N–H and O–H groups in total. The Bertz CT molecular complexity index is 1180. The maximum absolute atomic E-state index is 12.9. The van der Waals surface area contributed by atoms with E-state index in [0.29, 0.717) is 17.0 Å². The number of sulfonamides is 1. The van der Waals surface area contributed by atoms with Gasteiger partial charge in [0, 0.05) is 0 Å². The van der Waals surface area contributed by atoms with E-state index in [4.69, 9.17) is 16.0 Å². The lowest BCUT2D eigenvalue weighted by molar-refractivity contribution is -0.137. The van der Waals surface area contributed by atoms with Gasteiger partial charge < -0.3 is 4.42 Å². The molecule has 0 radical (unpaired) electrons. The molecule has 2 aromatic carbocycles. The molecule has 0 atom stereocenters. The molecule has 0 saturated heterocycles. The Labute approximate surface area is 181 Å². The van der Waals surface area contributed by atoms with Crippen LogP contribution in [0.4, 0.5) is 18.9 Å². The van der Waals surface area contributed by atoms with E-state index in [-0.39, 0.29) is 22.2 Å². The molecule has 0 aliphatic carbocycles. The van der Waals surface area contributed by atoms with Crippen LogP contribution in [0, 0.1) is 0 Å². The molecule has 0 saturated carbocycles. The number of anilines is 1. The molecule has 6 nitrogen and oxygen atoms in total. The van der Waals surface area contributed by atoms with Crippen LogP contribution in [-0.4, -0.2) is 14.1 Å². The molecule has 3 rings (SSSR count). The number of hydrazone groups is 1. The number of furan rings is 1. The fourth-order valence-electron chi connectivity index (χ4n) is 2.53. The Morgan fingerprint density at radius 1 is 1.13 bits per heavy atom. The number of hydrogen-bond acceptors (Lipinski definition) is 5. The van der Waals surface area contributed by atoms with Gasteiger partial charge in [-0.3, -0.25) is 5.43 Å². The number of rotatable bonds is 7. The van der Waals surface area contributed by atoms with Crippen molar-refractivity contribution >= 4 is 33.0 Å². The van der Waals surface area contributed by atoms with Crippen molar-refractivity contribution in [1.82, 2.24) is 4.72 Å². The van der Waals surface area contributed by atoms with Gasteiger partial charge in [-0.15, -0.1) is 0 Å². The van der Waals surface area contributed by atoms with Crippen molar-refractivity contribution in [3.05, 3.63) is 82.8 Å². The normalized spacial score (nSPS) is 12.7. The zero-order chi connectivity index (χ0) is 22.6. The number of alkyl halides is 3. The highest BCUT2D eigenvalue weighted by molar-refractivity contribution is 7.89. The first-order valence-electron chi connectivity index (χ1n) is 8.86. The molecule has 31 heavy (non-hydrogen) atoms. The van der Waals surface area contributed by atoms with Crippen LogP contribution in [0.2, 0.25) is 5.02 Å². The Morgan fingerprint density at radius 3 is 2.45 bits per heavy atom. The van der Waals surface area contributed by atoms with Crippen molar-refractivity contribution in [2.75, 3.05) is 5.43 Å². The first-order chi connectivity index (χ1) is 14.6. The monoisotopic (exact) mass is 471 g/mol. The van der Waals surface area contributed by atoms with Gasteiger partial charge in [-0.25, -0.2) is 13.1 Å². The van der Waals surface area contributed by atoms with E-state index >= 15 is 0 Å². The SMILES string of the molecule is C/C(=N\Nc1cc(C(F)(F)F)ccc1Cl)c1ccc(S(=O)(=O)NCc2ccco2)cc1. The Kier molecular flexibility index (Phi) is 6.73. The van der Waals surface area contributed by atoms with E-state index < -0.39 is 21.8 Å². The summed E-state index contributed by atoms with van der Waals surface area (Å²) in [5.41, 5.74) is 2.65. The van der Waals surface area contributed by atoms with Crippen LogP contribution in [-0.2, 0) is 22.7 Å². The molecule has 3 aromatic rings. The fourth-order valence-corrected chi connectivity index (χ4v) is 3.69. The highest BCUT2D eigenvalue weighted by atomic mass is 35.5. The second kappa shape index (κ2) is 9.13. The van der Waals surface area contributed by atoms with E-state index in [2.05, 4.69) is 15.2 Å². The van der Waals surface area contributed by atoms with E-state index in [1.54, 1.807) is 19.1 Å². The van der Waals surface area contributed by atoms with Crippen LogP contribution in [0.5, 0.6) is 0 Å². The highest BCUT2D eigenvalue weighted by Crippen LogP contribution is 2.33. The number of halogens is 4. The molecule has 0 fully saturated rings. The molecule has 0 aliphatic rings. The van der Waals surface area contributed by atoms with E-state index in [1.165, 1.54) is 30.5 Å². The smallest absolute Gasteiger partial charge is 0.416 e. The van der Waals surface area contributed by atoms with Gasteiger partial charge in [0.25, 0.3) is 0 Å². The number of benzene rings is 2. The summed E-state index contributed by atoms with van der Waals surface area (Å²) in [7, 11) is -3.75. The Hall–Kier alpha value is -2.82. The third-order valence-corrected chi connectivity index (χ3v) is 5.98. The van der Waals surface area contributed by atoms with Crippen LogP contribution < -0.4 is 10.1 Å². The standard InChI is InChI=1S/C20H17ClF3N3O3S/c1-13(26-27-19-11-15(20(22,23)24)6-9-18(19)21)14-4-7-17(8-5-14)31(28,29)25-12-16-3-2-10-30-16/h2-11,25,27H,12H2,1H3/b26-13+. The van der Waals surface area contributed by atoms with Crippen LogP contribution >= 0.6 is 11.6 Å². The summed E-state index contributed by atoms with van der Waals surface area (Å²) < 4.78 is 70.9. The van der Waals surface area contributed by atoms with Gasteiger partial charge in [-0.2, -0.15) is 18.3 Å². The van der Waals surface area contributed by atoms with Crippen LogP contribution in [0.1, 0.15) is 23.8 Å². The van der Waals surface area contributed by atoms with Gasteiger partial charge in [0.2, 0.25) is 10.0 Å². The van der Waals surface area contributed by atoms with Crippen molar-refractivity contribution in [1.29, 1.82) is 0 Å². The van der Waals surface area contributed by atoms with Gasteiger partial charge in [0.1, 0.15) is 5.76 Å². The predicted octanol–water partition coefficient (Wildman–Crippen LogP) is 5.27. The topological polar surface area (TPSA) is 83.7 Å². The molecular weight excluding hydrogens is 455 g/mol. The Morgan fingerprint density at radius 2 is 1.84 bits per heavy atom. The molecule has 11 heteroatoms. The summed E-state index contributed by atoms with van der Waals surface area (Å²) in [4.78, 5) is 0.0458. The number of nitrogens with zero attached hydrogens (tertiary/aromatic N) is 1. The second-order valence-corrected chi connectivity index (χ2v) is 8.60. The molecule has 0 aliphatic heterocycles. The van der Waals surface area contributed by atoms with Crippen molar-refractivity contribution < 1.29 is 26.0 Å². The van der Waals surface area contributed by atoms with Crippen molar-refractivity contribution in [3.63, 3.8) is 0 Å². The summed E-state index contributed by atoms with van der Waals surface area (Å²) in [5, 5.41) is 4.13. The molecule has 0 amide bonds. The molecule has 0 bridgehead atoms. The minimum Gasteiger partial charge on any atom is -0.468 e. The predicted molar refractivity (Wildman–Crippen MR) is 111 cm³/mol. The number of hydrogen-bond donors (Lipinski definition) is 2. The summed E-state index contributed by atoms with van der Waals surface area (Å²) in [6.07, 6.45) is -3.06. The zero-order valence-corrected chi connectivity index (χ0v) is 17.6. The summed E-state index contributed by atoms with van der Waals surface area (Å²) in [6.45, 7) is 1.63. The average molecular weight is 472 g/mol. The third kappa shape index (κ3) is 5.87. The molecule has 1 aromatic heterocycles. The first kappa shape index (κ1) is 22.9. The lowest BCUT2D eigenvalue weighted by Gasteiger charge is -2.11. The van der Waals surface area contributed by atoms with Crippen molar-refractivity contribution in [2.24, 2.45) is 5.10 Å². The summed E-state index contributed by atoms with van der Waals surface area (Å²) >= 11 is 5.93. The van der Waals surface area contributed by atoms with E-state index in [9.17, 15) is 21.6 Å². The van der Waals surface area contributed by atoms with E-state index in [0.717, 1.165) is 18.2 Å². The van der Waals surface area contributed by atoms with Crippen LogP contribution in [0.25, 0.3) is 0 Å². The maximum Gasteiger partial charge on any atom is 0.416 e. The van der Waals surface area contributed by atoms with Gasteiger partial charge in [0.15, 0.2) is 0 Å². The molecular formula is C20H17ClF3N3O3S.